The zero-order chi connectivity index (χ0) is 25.8. The molecule has 198 valence electrons. The number of nitrogens with zero attached hydrogens (tertiary/aromatic N) is 4. The SMILES string of the molecule is CCN(CC)CCN(C(=O)c1cccc(N2C(=O)CCC2=O)c1)c1nc2c(OC)ccc(OC)c2s1.Cl. The van der Waals surface area contributed by atoms with Crippen LogP contribution in [0.3, 0.4) is 0 Å². The molecule has 4 rings (SSSR count). The number of carbonyl (C=O) groups is 3. The summed E-state index contributed by atoms with van der Waals surface area (Å²) in [6.07, 6.45) is 0.366. The predicted octanol–water partition coefficient (Wildman–Crippen LogP) is 4.38. The Bertz CT molecular complexity index is 1240. The highest BCUT2D eigenvalue weighted by Crippen LogP contribution is 2.40. The monoisotopic (exact) mass is 546 g/mol. The maximum atomic E-state index is 13.9. The molecule has 1 aliphatic rings. The highest BCUT2D eigenvalue weighted by molar-refractivity contribution is 7.22. The molecule has 1 aromatic heterocycles. The van der Waals surface area contributed by atoms with E-state index in [9.17, 15) is 14.4 Å². The second-order valence-corrected chi connectivity index (χ2v) is 9.28. The third-order valence-corrected chi connectivity index (χ3v) is 7.41. The molecule has 0 aliphatic carbocycles. The van der Waals surface area contributed by atoms with Gasteiger partial charge in [0.1, 0.15) is 21.7 Å². The fourth-order valence-corrected chi connectivity index (χ4v) is 5.35. The fourth-order valence-electron chi connectivity index (χ4n) is 4.25. The van der Waals surface area contributed by atoms with Gasteiger partial charge in [-0.3, -0.25) is 24.2 Å². The van der Waals surface area contributed by atoms with Gasteiger partial charge in [0.15, 0.2) is 5.13 Å². The van der Waals surface area contributed by atoms with E-state index in [1.54, 1.807) is 49.5 Å². The number of ether oxygens (including phenoxy) is 2. The molecule has 0 saturated carbocycles. The Morgan fingerprint density at radius 2 is 1.65 bits per heavy atom. The van der Waals surface area contributed by atoms with E-state index >= 15 is 0 Å². The van der Waals surface area contributed by atoms with Crippen LogP contribution >= 0.6 is 23.7 Å². The summed E-state index contributed by atoms with van der Waals surface area (Å²) in [7, 11) is 3.17. The van der Waals surface area contributed by atoms with Gasteiger partial charge in [-0.2, -0.15) is 0 Å². The Morgan fingerprint density at radius 3 is 2.27 bits per heavy atom. The van der Waals surface area contributed by atoms with Crippen LogP contribution in [0.25, 0.3) is 10.2 Å². The van der Waals surface area contributed by atoms with Crippen LogP contribution in [0.2, 0.25) is 0 Å². The first kappa shape index (κ1) is 28.4. The Labute approximate surface area is 226 Å². The number of anilines is 2. The summed E-state index contributed by atoms with van der Waals surface area (Å²) >= 11 is 1.36. The quantitative estimate of drug-likeness (QED) is 0.348. The molecule has 0 bridgehead atoms. The third kappa shape index (κ3) is 5.71. The molecule has 0 atom stereocenters. The summed E-state index contributed by atoms with van der Waals surface area (Å²) in [4.78, 5) is 48.2. The van der Waals surface area contributed by atoms with Crippen molar-refractivity contribution in [1.82, 2.24) is 9.88 Å². The first-order valence-electron chi connectivity index (χ1n) is 11.9. The standard InChI is InChI=1S/C26H30N4O5S.ClH/c1-5-28(6-2)14-15-29(26-27-23-19(34-3)10-11-20(35-4)24(23)36-26)25(33)17-8-7-9-18(16-17)30-21(31)12-13-22(30)32;/h7-11,16H,5-6,12-15H2,1-4H3;1H. The number of fused-ring (bicyclic) bond motifs is 1. The van der Waals surface area contributed by atoms with Gasteiger partial charge in [-0.15, -0.1) is 12.4 Å². The third-order valence-electron chi connectivity index (χ3n) is 6.31. The van der Waals surface area contributed by atoms with Crippen LogP contribution in [0.4, 0.5) is 10.8 Å². The Kier molecular flexibility index (Phi) is 9.47. The summed E-state index contributed by atoms with van der Waals surface area (Å²) in [5.74, 6) is 0.470. The number of thiazole rings is 1. The van der Waals surface area contributed by atoms with Crippen molar-refractivity contribution >= 4 is 62.5 Å². The molecule has 37 heavy (non-hydrogen) atoms. The molecule has 3 amide bonds. The van der Waals surface area contributed by atoms with Crippen molar-refractivity contribution in [3.05, 3.63) is 42.0 Å². The van der Waals surface area contributed by atoms with E-state index in [0.717, 1.165) is 22.7 Å². The van der Waals surface area contributed by atoms with Crippen LogP contribution in [0.15, 0.2) is 36.4 Å². The van der Waals surface area contributed by atoms with E-state index < -0.39 is 0 Å². The van der Waals surface area contributed by atoms with Crippen molar-refractivity contribution in [2.45, 2.75) is 26.7 Å². The van der Waals surface area contributed by atoms with Gasteiger partial charge in [-0.05, 0) is 43.4 Å². The molecule has 2 heterocycles. The van der Waals surface area contributed by atoms with E-state index in [0.29, 0.717) is 46.5 Å². The smallest absolute Gasteiger partial charge is 0.260 e. The molecular formula is C26H31ClN4O5S. The molecule has 0 radical (unpaired) electrons. The Balaban J connectivity index is 0.00000380. The first-order chi connectivity index (χ1) is 17.4. The van der Waals surface area contributed by atoms with Gasteiger partial charge in [-0.1, -0.05) is 31.3 Å². The van der Waals surface area contributed by atoms with Gasteiger partial charge in [0.05, 0.1) is 19.9 Å². The maximum Gasteiger partial charge on any atom is 0.260 e. The number of aromatic nitrogens is 1. The molecule has 0 unspecified atom stereocenters. The summed E-state index contributed by atoms with van der Waals surface area (Å²) in [5.41, 5.74) is 1.40. The maximum absolute atomic E-state index is 13.9. The Hall–Kier alpha value is -3.21. The molecule has 3 aromatic rings. The van der Waals surface area contributed by atoms with Crippen LogP contribution in [-0.2, 0) is 9.59 Å². The topological polar surface area (TPSA) is 92.3 Å². The summed E-state index contributed by atoms with van der Waals surface area (Å²) < 4.78 is 11.8. The second kappa shape index (κ2) is 12.4. The number of hydrogen-bond donors (Lipinski definition) is 0. The van der Waals surface area contributed by atoms with E-state index in [1.807, 2.05) is 6.07 Å². The van der Waals surface area contributed by atoms with E-state index in [2.05, 4.69) is 18.7 Å². The van der Waals surface area contributed by atoms with Gasteiger partial charge in [0.25, 0.3) is 5.91 Å². The average molecular weight is 547 g/mol. The minimum Gasteiger partial charge on any atom is -0.495 e. The number of rotatable bonds is 10. The van der Waals surface area contributed by atoms with Crippen LogP contribution < -0.4 is 19.3 Å². The number of carbonyl (C=O) groups excluding carboxylic acids is 3. The van der Waals surface area contributed by atoms with Crippen LogP contribution in [-0.4, -0.2) is 68.0 Å². The minimum absolute atomic E-state index is 0. The Morgan fingerprint density at radius 1 is 1.00 bits per heavy atom. The second-order valence-electron chi connectivity index (χ2n) is 8.30. The molecular weight excluding hydrogens is 516 g/mol. The zero-order valence-electron chi connectivity index (χ0n) is 21.4. The van der Waals surface area contributed by atoms with Gasteiger partial charge in [0.2, 0.25) is 11.8 Å². The van der Waals surface area contributed by atoms with Gasteiger partial charge in [-0.25, -0.2) is 4.98 Å². The van der Waals surface area contributed by atoms with E-state index in [4.69, 9.17) is 14.5 Å². The van der Waals surface area contributed by atoms with Crippen molar-refractivity contribution in [1.29, 1.82) is 0 Å². The molecule has 1 saturated heterocycles. The lowest BCUT2D eigenvalue weighted by Gasteiger charge is -2.25. The average Bonchev–Trinajstić information content (AvgIpc) is 3.49. The summed E-state index contributed by atoms with van der Waals surface area (Å²) in [5, 5.41) is 0.517. The van der Waals surface area contributed by atoms with Gasteiger partial charge >= 0.3 is 0 Å². The number of hydrogen-bond acceptors (Lipinski definition) is 8. The van der Waals surface area contributed by atoms with Crippen LogP contribution in [0.1, 0.15) is 37.0 Å². The largest absolute Gasteiger partial charge is 0.495 e. The number of imide groups is 1. The van der Waals surface area contributed by atoms with Crippen molar-refractivity contribution in [2.24, 2.45) is 0 Å². The summed E-state index contributed by atoms with van der Waals surface area (Å²) in [6.45, 7) is 6.94. The van der Waals surface area contributed by atoms with Crippen molar-refractivity contribution in [2.75, 3.05) is 50.2 Å². The molecule has 11 heteroatoms. The number of amides is 3. The number of benzene rings is 2. The van der Waals surface area contributed by atoms with Crippen LogP contribution in [0.5, 0.6) is 11.5 Å². The molecule has 0 N–H and O–H groups in total. The lowest BCUT2D eigenvalue weighted by atomic mass is 10.1. The molecule has 1 fully saturated rings. The predicted molar refractivity (Wildman–Crippen MR) is 148 cm³/mol. The first-order valence-corrected chi connectivity index (χ1v) is 12.7. The molecule has 9 nitrogen and oxygen atoms in total. The lowest BCUT2D eigenvalue weighted by Crippen LogP contribution is -2.39. The molecule has 0 spiro atoms. The lowest BCUT2D eigenvalue weighted by molar-refractivity contribution is -0.121. The number of halogens is 1. The van der Waals surface area contributed by atoms with Crippen molar-refractivity contribution in [3.8, 4) is 11.5 Å². The van der Waals surface area contributed by atoms with Crippen molar-refractivity contribution < 1.29 is 23.9 Å². The minimum atomic E-state index is -0.264. The normalized spacial score (nSPS) is 13.3. The highest BCUT2D eigenvalue weighted by atomic mass is 35.5. The van der Waals surface area contributed by atoms with Gasteiger partial charge in [0, 0.05) is 31.5 Å². The van der Waals surface area contributed by atoms with Crippen LogP contribution in [0, 0.1) is 0 Å². The van der Waals surface area contributed by atoms with E-state index in [-0.39, 0.29) is 43.0 Å². The molecule has 2 aromatic carbocycles. The summed E-state index contributed by atoms with van der Waals surface area (Å²) in [6, 6.07) is 10.3. The molecule has 1 aliphatic heterocycles. The highest BCUT2D eigenvalue weighted by Gasteiger charge is 2.31. The number of methoxy groups -OCH3 is 2. The number of likely N-dealkylation sites (N-methyl/N-ethyl adjacent to an activating group) is 1. The van der Waals surface area contributed by atoms with Crippen molar-refractivity contribution in [3.63, 3.8) is 0 Å². The van der Waals surface area contributed by atoms with Gasteiger partial charge < -0.3 is 14.4 Å². The van der Waals surface area contributed by atoms with E-state index in [1.165, 1.54) is 11.3 Å². The fraction of sp³-hybridized carbons (Fsp3) is 0.385. The zero-order valence-corrected chi connectivity index (χ0v) is 23.0.